The van der Waals surface area contributed by atoms with Gasteiger partial charge in [-0.3, -0.25) is 4.79 Å². The minimum Gasteiger partial charge on any atom is -0.467 e. The molecule has 0 aromatic heterocycles. The summed E-state index contributed by atoms with van der Waals surface area (Å²) < 4.78 is 4.68. The average molecular weight is 278 g/mol. The smallest absolute Gasteiger partial charge is 0.328 e. The summed E-state index contributed by atoms with van der Waals surface area (Å²) >= 11 is 3.31. The molecule has 2 atom stereocenters. The van der Waals surface area contributed by atoms with Crippen LogP contribution in [0.15, 0.2) is 0 Å². The summed E-state index contributed by atoms with van der Waals surface area (Å²) in [5.41, 5.74) is 0. The zero-order chi connectivity index (χ0) is 11.4. The number of amides is 1. The number of ether oxygens (including phenoxy) is 1. The second kappa shape index (κ2) is 5.49. The molecule has 0 aromatic rings. The van der Waals surface area contributed by atoms with Crippen molar-refractivity contribution in [1.82, 2.24) is 4.90 Å². The Kier molecular flexibility index (Phi) is 4.57. The van der Waals surface area contributed by atoms with E-state index in [2.05, 4.69) is 20.7 Å². The molecule has 1 saturated heterocycles. The first kappa shape index (κ1) is 12.5. The Bertz CT molecular complexity index is 257. The van der Waals surface area contributed by atoms with Crippen molar-refractivity contribution in [3.05, 3.63) is 0 Å². The van der Waals surface area contributed by atoms with Gasteiger partial charge in [0.2, 0.25) is 5.91 Å². The lowest BCUT2D eigenvalue weighted by Gasteiger charge is -2.24. The highest BCUT2D eigenvalue weighted by molar-refractivity contribution is 9.10. The van der Waals surface area contributed by atoms with Gasteiger partial charge in [-0.05, 0) is 19.3 Å². The lowest BCUT2D eigenvalue weighted by molar-refractivity contribution is -0.150. The predicted octanol–water partition coefficient (Wildman–Crippen LogP) is 1.32. The molecule has 0 aromatic carbocycles. The average Bonchev–Trinajstić information content (AvgIpc) is 2.74. The molecule has 0 spiro atoms. The molecular formula is C10H16BrNO3. The van der Waals surface area contributed by atoms with Gasteiger partial charge in [-0.25, -0.2) is 4.79 Å². The standard InChI is InChI=1S/C10H16BrNO3/c1-3-7(11)9(13)12-6-4-5-8(12)10(14)15-2/h7-8H,3-6H2,1-2H3. The first-order valence-electron chi connectivity index (χ1n) is 5.14. The minimum atomic E-state index is -0.380. The Morgan fingerprint density at radius 3 is 2.80 bits per heavy atom. The molecule has 0 radical (unpaired) electrons. The van der Waals surface area contributed by atoms with Gasteiger partial charge in [-0.15, -0.1) is 0 Å². The summed E-state index contributed by atoms with van der Waals surface area (Å²) in [4.78, 5) is 24.7. The van der Waals surface area contributed by atoms with Crippen LogP contribution in [-0.2, 0) is 14.3 Å². The molecule has 1 amide bonds. The van der Waals surface area contributed by atoms with Crippen LogP contribution in [0.2, 0.25) is 0 Å². The number of hydrogen-bond donors (Lipinski definition) is 0. The van der Waals surface area contributed by atoms with Gasteiger partial charge < -0.3 is 9.64 Å². The Balaban J connectivity index is 2.68. The van der Waals surface area contributed by atoms with Crippen molar-refractivity contribution in [3.8, 4) is 0 Å². The molecule has 0 saturated carbocycles. The molecule has 5 heteroatoms. The SMILES string of the molecule is CCC(Br)C(=O)N1CCCC1C(=O)OC. The molecule has 4 nitrogen and oxygen atoms in total. The summed E-state index contributed by atoms with van der Waals surface area (Å²) in [6.07, 6.45) is 2.31. The first-order valence-corrected chi connectivity index (χ1v) is 6.05. The molecule has 86 valence electrons. The van der Waals surface area contributed by atoms with Crippen molar-refractivity contribution in [2.24, 2.45) is 0 Å². The van der Waals surface area contributed by atoms with Crippen LogP contribution in [0.4, 0.5) is 0 Å². The van der Waals surface area contributed by atoms with Crippen LogP contribution >= 0.6 is 15.9 Å². The van der Waals surface area contributed by atoms with Gasteiger partial charge in [0.1, 0.15) is 6.04 Å². The molecule has 0 bridgehead atoms. The summed E-state index contributed by atoms with van der Waals surface area (Å²) in [6, 6.07) is -0.380. The van der Waals surface area contributed by atoms with E-state index in [-0.39, 0.29) is 22.7 Å². The monoisotopic (exact) mass is 277 g/mol. The van der Waals surface area contributed by atoms with Gasteiger partial charge in [0.05, 0.1) is 11.9 Å². The van der Waals surface area contributed by atoms with E-state index in [9.17, 15) is 9.59 Å². The third kappa shape index (κ3) is 2.71. The highest BCUT2D eigenvalue weighted by Crippen LogP contribution is 2.21. The Morgan fingerprint density at radius 1 is 1.60 bits per heavy atom. The van der Waals surface area contributed by atoms with E-state index in [1.54, 1.807) is 4.90 Å². The number of esters is 1. The number of halogens is 1. The summed E-state index contributed by atoms with van der Waals surface area (Å²) in [5, 5.41) is 0. The van der Waals surface area contributed by atoms with Crippen molar-refractivity contribution < 1.29 is 14.3 Å². The topological polar surface area (TPSA) is 46.6 Å². The first-order chi connectivity index (χ1) is 7.11. The van der Waals surface area contributed by atoms with Crippen LogP contribution in [0, 0.1) is 0 Å². The normalized spacial score (nSPS) is 22.6. The van der Waals surface area contributed by atoms with Crippen molar-refractivity contribution in [1.29, 1.82) is 0 Å². The Hall–Kier alpha value is -0.580. The van der Waals surface area contributed by atoms with Crippen molar-refractivity contribution in [2.75, 3.05) is 13.7 Å². The van der Waals surface area contributed by atoms with E-state index in [0.29, 0.717) is 13.0 Å². The van der Waals surface area contributed by atoms with Gasteiger partial charge in [-0.2, -0.15) is 0 Å². The maximum absolute atomic E-state index is 11.9. The lowest BCUT2D eigenvalue weighted by atomic mass is 10.2. The van der Waals surface area contributed by atoms with Crippen molar-refractivity contribution in [3.63, 3.8) is 0 Å². The van der Waals surface area contributed by atoms with Crippen LogP contribution in [0.3, 0.4) is 0 Å². The maximum atomic E-state index is 11.9. The summed E-state index contributed by atoms with van der Waals surface area (Å²) in [6.45, 7) is 2.58. The molecule has 1 aliphatic rings. The molecule has 1 heterocycles. The van der Waals surface area contributed by atoms with E-state index >= 15 is 0 Å². The quantitative estimate of drug-likeness (QED) is 0.578. The van der Waals surface area contributed by atoms with Crippen molar-refractivity contribution in [2.45, 2.75) is 37.1 Å². The van der Waals surface area contributed by atoms with E-state index < -0.39 is 0 Å². The fraction of sp³-hybridized carbons (Fsp3) is 0.800. The van der Waals surface area contributed by atoms with Crippen LogP contribution < -0.4 is 0 Å². The Labute approximate surface area is 98.1 Å². The Morgan fingerprint density at radius 2 is 2.27 bits per heavy atom. The third-order valence-electron chi connectivity index (χ3n) is 2.64. The number of methoxy groups -OCH3 is 1. The zero-order valence-electron chi connectivity index (χ0n) is 9.03. The molecule has 2 unspecified atom stereocenters. The predicted molar refractivity (Wildman–Crippen MR) is 59.8 cm³/mol. The fourth-order valence-electron chi connectivity index (χ4n) is 1.77. The molecule has 0 N–H and O–H groups in total. The van der Waals surface area contributed by atoms with Gasteiger partial charge in [0.25, 0.3) is 0 Å². The highest BCUT2D eigenvalue weighted by Gasteiger charge is 2.36. The number of rotatable bonds is 3. The molecule has 15 heavy (non-hydrogen) atoms. The van der Waals surface area contributed by atoms with Gasteiger partial charge in [0, 0.05) is 6.54 Å². The largest absolute Gasteiger partial charge is 0.467 e. The zero-order valence-corrected chi connectivity index (χ0v) is 10.6. The van der Waals surface area contributed by atoms with Crippen LogP contribution in [-0.4, -0.2) is 41.3 Å². The third-order valence-corrected chi connectivity index (χ3v) is 3.67. The highest BCUT2D eigenvalue weighted by atomic mass is 79.9. The number of likely N-dealkylation sites (tertiary alicyclic amines) is 1. The van der Waals surface area contributed by atoms with Crippen LogP contribution in [0.5, 0.6) is 0 Å². The maximum Gasteiger partial charge on any atom is 0.328 e. The van der Waals surface area contributed by atoms with Gasteiger partial charge in [0.15, 0.2) is 0 Å². The number of alkyl halides is 1. The van der Waals surface area contributed by atoms with E-state index in [1.165, 1.54) is 7.11 Å². The molecule has 1 fully saturated rings. The van der Waals surface area contributed by atoms with E-state index in [1.807, 2.05) is 6.92 Å². The molecule has 1 aliphatic heterocycles. The lowest BCUT2D eigenvalue weighted by Crippen LogP contribution is -2.44. The van der Waals surface area contributed by atoms with Crippen LogP contribution in [0.1, 0.15) is 26.2 Å². The number of carbonyl (C=O) groups excluding carboxylic acids is 2. The van der Waals surface area contributed by atoms with Gasteiger partial charge in [-0.1, -0.05) is 22.9 Å². The van der Waals surface area contributed by atoms with E-state index in [4.69, 9.17) is 0 Å². The van der Waals surface area contributed by atoms with Crippen molar-refractivity contribution >= 4 is 27.8 Å². The molecular weight excluding hydrogens is 262 g/mol. The second-order valence-corrected chi connectivity index (χ2v) is 4.69. The van der Waals surface area contributed by atoms with Gasteiger partial charge >= 0.3 is 5.97 Å². The molecule has 1 rings (SSSR count). The minimum absolute atomic E-state index is 0.00889. The number of carbonyl (C=O) groups is 2. The van der Waals surface area contributed by atoms with E-state index in [0.717, 1.165) is 12.8 Å². The summed E-state index contributed by atoms with van der Waals surface area (Å²) in [7, 11) is 1.36. The number of nitrogens with zero attached hydrogens (tertiary/aromatic N) is 1. The summed E-state index contributed by atoms with van der Waals surface area (Å²) in [5.74, 6) is -0.318. The second-order valence-electron chi connectivity index (χ2n) is 3.59. The van der Waals surface area contributed by atoms with Crippen LogP contribution in [0.25, 0.3) is 0 Å². The number of hydrogen-bond acceptors (Lipinski definition) is 3. The fourth-order valence-corrected chi connectivity index (χ4v) is 2.03. The molecule has 0 aliphatic carbocycles.